The van der Waals surface area contributed by atoms with Crippen molar-refractivity contribution in [3.8, 4) is 0 Å². The van der Waals surface area contributed by atoms with Gasteiger partial charge in [-0.2, -0.15) is 0 Å². The van der Waals surface area contributed by atoms with Gasteiger partial charge in [0.25, 0.3) is 0 Å². The molecule has 1 rings (SSSR count). The van der Waals surface area contributed by atoms with Crippen LogP contribution in [0.4, 0.5) is 0 Å². The lowest BCUT2D eigenvalue weighted by atomic mass is 10.1. The van der Waals surface area contributed by atoms with E-state index in [0.717, 1.165) is 19.6 Å². The van der Waals surface area contributed by atoms with Crippen molar-refractivity contribution in [3.05, 3.63) is 0 Å². The maximum absolute atomic E-state index is 9.49. The van der Waals surface area contributed by atoms with Gasteiger partial charge in [-0.25, -0.2) is 0 Å². The molecule has 0 aliphatic carbocycles. The lowest BCUT2D eigenvalue weighted by molar-refractivity contribution is 0.147. The summed E-state index contributed by atoms with van der Waals surface area (Å²) in [4.78, 5) is 2.17. The number of nitrogens with zero attached hydrogens (tertiary/aromatic N) is 1. The van der Waals surface area contributed by atoms with E-state index in [4.69, 9.17) is 11.1 Å². The van der Waals surface area contributed by atoms with E-state index in [1.54, 1.807) is 0 Å². The van der Waals surface area contributed by atoms with E-state index < -0.39 is 0 Å². The van der Waals surface area contributed by atoms with Crippen LogP contribution >= 0.6 is 0 Å². The van der Waals surface area contributed by atoms with Gasteiger partial charge in [0, 0.05) is 25.6 Å². The second kappa shape index (κ2) is 4.07. The van der Waals surface area contributed by atoms with Crippen LogP contribution in [-0.2, 0) is 0 Å². The molecule has 4 heteroatoms. The standard InChI is InChI=1S/C9H19N3O/c1-6-3-12(5-8(6)13)4-7(2)9(10)11/h6-8,13H,3-5H2,1-2H3,(H3,10,11). The predicted octanol–water partition coefficient (Wildman–Crippen LogP) is -0.129. The molecule has 76 valence electrons. The van der Waals surface area contributed by atoms with Crippen molar-refractivity contribution in [1.82, 2.24) is 4.90 Å². The Morgan fingerprint density at radius 1 is 1.69 bits per heavy atom. The van der Waals surface area contributed by atoms with Crippen molar-refractivity contribution in [2.75, 3.05) is 19.6 Å². The molecule has 1 fully saturated rings. The maximum Gasteiger partial charge on any atom is 0.0947 e. The summed E-state index contributed by atoms with van der Waals surface area (Å²) in [6.07, 6.45) is -0.209. The topological polar surface area (TPSA) is 73.3 Å². The van der Waals surface area contributed by atoms with E-state index >= 15 is 0 Å². The molecule has 0 aromatic heterocycles. The molecule has 0 aromatic carbocycles. The summed E-state index contributed by atoms with van der Waals surface area (Å²) in [5.74, 6) is 0.672. The van der Waals surface area contributed by atoms with E-state index in [1.165, 1.54) is 0 Å². The molecular formula is C9H19N3O. The van der Waals surface area contributed by atoms with Crippen molar-refractivity contribution in [3.63, 3.8) is 0 Å². The van der Waals surface area contributed by atoms with E-state index in [0.29, 0.717) is 5.92 Å². The second-order valence-electron chi connectivity index (χ2n) is 4.12. The maximum atomic E-state index is 9.49. The number of aliphatic hydroxyl groups is 1. The van der Waals surface area contributed by atoms with Gasteiger partial charge in [0.15, 0.2) is 0 Å². The monoisotopic (exact) mass is 185 g/mol. The number of hydrogen-bond acceptors (Lipinski definition) is 3. The van der Waals surface area contributed by atoms with Crippen molar-refractivity contribution in [2.45, 2.75) is 20.0 Å². The van der Waals surface area contributed by atoms with Crippen LogP contribution in [-0.4, -0.2) is 41.6 Å². The molecule has 0 radical (unpaired) electrons. The molecule has 0 bridgehead atoms. The highest BCUT2D eigenvalue weighted by Crippen LogP contribution is 2.17. The molecule has 13 heavy (non-hydrogen) atoms. The van der Waals surface area contributed by atoms with Crippen molar-refractivity contribution >= 4 is 5.84 Å². The van der Waals surface area contributed by atoms with Crippen LogP contribution in [0.5, 0.6) is 0 Å². The molecule has 3 unspecified atom stereocenters. The molecule has 0 spiro atoms. The van der Waals surface area contributed by atoms with Crippen LogP contribution in [0.25, 0.3) is 0 Å². The normalized spacial score (nSPS) is 31.9. The number of aliphatic hydroxyl groups excluding tert-OH is 1. The van der Waals surface area contributed by atoms with Gasteiger partial charge >= 0.3 is 0 Å². The zero-order valence-electron chi connectivity index (χ0n) is 8.33. The lowest BCUT2D eigenvalue weighted by Crippen LogP contribution is -2.33. The minimum atomic E-state index is -0.209. The first-order valence-corrected chi connectivity index (χ1v) is 4.75. The highest BCUT2D eigenvalue weighted by Gasteiger charge is 2.28. The van der Waals surface area contributed by atoms with E-state index in [9.17, 15) is 5.11 Å². The Balaban J connectivity index is 2.35. The molecule has 1 aliphatic rings. The third-order valence-electron chi connectivity index (χ3n) is 2.71. The Morgan fingerprint density at radius 2 is 2.31 bits per heavy atom. The molecule has 0 amide bonds. The van der Waals surface area contributed by atoms with E-state index in [2.05, 4.69) is 4.90 Å². The Labute approximate surface area is 79.2 Å². The smallest absolute Gasteiger partial charge is 0.0947 e. The molecular weight excluding hydrogens is 166 g/mol. The fraction of sp³-hybridized carbons (Fsp3) is 0.889. The average molecular weight is 185 g/mol. The van der Waals surface area contributed by atoms with Crippen molar-refractivity contribution in [1.29, 1.82) is 5.41 Å². The minimum Gasteiger partial charge on any atom is -0.391 e. The summed E-state index contributed by atoms with van der Waals surface area (Å²) >= 11 is 0. The largest absolute Gasteiger partial charge is 0.391 e. The molecule has 4 nitrogen and oxygen atoms in total. The number of hydrogen-bond donors (Lipinski definition) is 3. The third kappa shape index (κ3) is 2.67. The lowest BCUT2D eigenvalue weighted by Gasteiger charge is -2.19. The summed E-state index contributed by atoms with van der Waals surface area (Å²) in [5, 5.41) is 16.7. The first-order chi connectivity index (χ1) is 6.00. The van der Waals surface area contributed by atoms with Gasteiger partial charge in [0.05, 0.1) is 11.9 Å². The molecule has 0 aromatic rings. The zero-order valence-corrected chi connectivity index (χ0v) is 8.33. The summed E-state index contributed by atoms with van der Waals surface area (Å²) < 4.78 is 0. The van der Waals surface area contributed by atoms with Crippen LogP contribution in [0.3, 0.4) is 0 Å². The molecule has 1 heterocycles. The van der Waals surface area contributed by atoms with E-state index in [1.807, 2.05) is 13.8 Å². The van der Waals surface area contributed by atoms with Gasteiger partial charge in [-0.05, 0) is 5.92 Å². The number of rotatable bonds is 3. The number of nitrogens with one attached hydrogen (secondary N) is 1. The number of likely N-dealkylation sites (tertiary alicyclic amines) is 1. The zero-order chi connectivity index (χ0) is 10.0. The number of β-amino-alcohol motifs (C(OH)–C–C–N with tert-alkyl or cyclic N) is 1. The molecule has 0 saturated carbocycles. The summed E-state index contributed by atoms with van der Waals surface area (Å²) in [7, 11) is 0. The molecule has 1 aliphatic heterocycles. The Hall–Kier alpha value is -0.610. The second-order valence-corrected chi connectivity index (χ2v) is 4.12. The minimum absolute atomic E-state index is 0.0949. The summed E-state index contributed by atoms with van der Waals surface area (Å²) in [6, 6.07) is 0. The summed E-state index contributed by atoms with van der Waals surface area (Å²) in [5.41, 5.74) is 5.38. The van der Waals surface area contributed by atoms with Gasteiger partial charge < -0.3 is 10.8 Å². The van der Waals surface area contributed by atoms with Gasteiger partial charge in [-0.1, -0.05) is 13.8 Å². The van der Waals surface area contributed by atoms with E-state index in [-0.39, 0.29) is 17.9 Å². The Morgan fingerprint density at radius 3 is 2.69 bits per heavy atom. The van der Waals surface area contributed by atoms with Gasteiger partial charge in [-0.15, -0.1) is 0 Å². The fourth-order valence-electron chi connectivity index (χ4n) is 1.68. The van der Waals surface area contributed by atoms with Gasteiger partial charge in [0.1, 0.15) is 0 Å². The van der Waals surface area contributed by atoms with Gasteiger partial charge in [-0.3, -0.25) is 10.3 Å². The first-order valence-electron chi connectivity index (χ1n) is 4.75. The Kier molecular flexibility index (Phi) is 3.27. The van der Waals surface area contributed by atoms with Crippen LogP contribution in [0, 0.1) is 17.2 Å². The first kappa shape index (κ1) is 10.5. The SMILES string of the molecule is CC(CN1CC(C)C(O)C1)C(=N)N. The van der Waals surface area contributed by atoms with Crippen LogP contribution in [0.1, 0.15) is 13.8 Å². The van der Waals surface area contributed by atoms with Crippen LogP contribution in [0.15, 0.2) is 0 Å². The quantitative estimate of drug-likeness (QED) is 0.423. The van der Waals surface area contributed by atoms with Gasteiger partial charge in [0.2, 0.25) is 0 Å². The highest BCUT2D eigenvalue weighted by molar-refractivity contribution is 5.79. The van der Waals surface area contributed by atoms with Crippen molar-refractivity contribution in [2.24, 2.45) is 17.6 Å². The van der Waals surface area contributed by atoms with Crippen LogP contribution in [0.2, 0.25) is 0 Å². The fourth-order valence-corrected chi connectivity index (χ4v) is 1.68. The number of amidine groups is 1. The molecule has 4 N–H and O–H groups in total. The predicted molar refractivity (Wildman–Crippen MR) is 52.7 cm³/mol. The summed E-state index contributed by atoms with van der Waals surface area (Å²) in [6.45, 7) is 6.41. The van der Waals surface area contributed by atoms with Crippen LogP contribution < -0.4 is 5.73 Å². The molecule has 1 saturated heterocycles. The Bertz CT molecular complexity index is 185. The average Bonchev–Trinajstić information content (AvgIpc) is 2.31. The van der Waals surface area contributed by atoms with Crippen molar-refractivity contribution < 1.29 is 5.11 Å². The number of nitrogens with two attached hydrogens (primary N) is 1. The highest BCUT2D eigenvalue weighted by atomic mass is 16.3. The third-order valence-corrected chi connectivity index (χ3v) is 2.71. The molecule has 3 atom stereocenters.